The van der Waals surface area contributed by atoms with Crippen LogP contribution in [0.5, 0.6) is 0 Å². The molecule has 0 radical (unpaired) electrons. The van der Waals surface area contributed by atoms with Crippen LogP contribution in [0.15, 0.2) is 6.08 Å². The second-order valence-corrected chi connectivity index (χ2v) is 2.79. The molecule has 2 heteroatoms. The van der Waals surface area contributed by atoms with Gasteiger partial charge in [-0.1, -0.05) is 51.9 Å². The third-order valence-electron chi connectivity index (χ3n) is 1.72. The van der Waals surface area contributed by atoms with Crippen molar-refractivity contribution in [3.05, 3.63) is 12.7 Å². The summed E-state index contributed by atoms with van der Waals surface area (Å²) in [6, 6.07) is 0. The minimum absolute atomic E-state index is 1.09. The molecule has 0 aromatic carbocycles. The number of allylic oxidation sites excluding steroid dienone is 1. The van der Waals surface area contributed by atoms with Gasteiger partial charge in [-0.15, -0.1) is 0 Å². The average molecular weight is 285 g/mol. The van der Waals surface area contributed by atoms with Gasteiger partial charge < -0.3 is 6.58 Å². The fraction of sp³-hybridized carbons (Fsp3) is 0.800. The Labute approximate surface area is 94.2 Å². The van der Waals surface area contributed by atoms with Crippen LogP contribution in [-0.2, 0) is 16.3 Å². The van der Waals surface area contributed by atoms with Crippen molar-refractivity contribution in [2.45, 2.75) is 51.9 Å². The molecule has 0 saturated carbocycles. The molecule has 0 heterocycles. The first-order chi connectivity index (χ1) is 5.91. The molecular formula is C10H19BrZn. The summed E-state index contributed by atoms with van der Waals surface area (Å²) in [5, 5.41) is 0. The molecule has 0 bridgehead atoms. The van der Waals surface area contributed by atoms with Crippen molar-refractivity contribution in [1.29, 1.82) is 0 Å². The Morgan fingerprint density at radius 1 is 1.08 bits per heavy atom. The molecule has 0 aromatic heterocycles. The summed E-state index contributed by atoms with van der Waals surface area (Å²) >= 11 is 4.25. The molecule has 0 spiro atoms. The molecule has 0 aliphatic carbocycles. The van der Waals surface area contributed by atoms with Crippen LogP contribution in [0.25, 0.3) is 0 Å². The summed E-state index contributed by atoms with van der Waals surface area (Å²) in [6.07, 6.45) is 11.0. The third-order valence-corrected chi connectivity index (χ3v) is 1.72. The van der Waals surface area contributed by atoms with Gasteiger partial charge in [0.1, 0.15) is 0 Å². The molecule has 0 rings (SSSR count). The minimum atomic E-state index is 1.09. The summed E-state index contributed by atoms with van der Waals surface area (Å²) in [5.41, 5.74) is 0. The standard InChI is InChI=1S/C10H19.BrH.Zn/c1-3-5-7-9-10-8-6-4-2;;/h1,3H,4-10H2,2H3;1H;/q-1;;+2/p-1. The zero-order valence-corrected chi connectivity index (χ0v) is 12.7. The summed E-state index contributed by atoms with van der Waals surface area (Å²) in [6.45, 7) is 7.49. The molecule has 0 saturated heterocycles. The quantitative estimate of drug-likeness (QED) is 0.365. The van der Waals surface area contributed by atoms with Crippen LogP contribution in [0, 0.1) is 6.58 Å². The van der Waals surface area contributed by atoms with Gasteiger partial charge in [0.15, 0.2) is 0 Å². The molecule has 0 fully saturated rings. The molecule has 12 heavy (non-hydrogen) atoms. The molecule has 0 aliphatic rings. The van der Waals surface area contributed by atoms with Gasteiger partial charge in [-0.3, -0.25) is 6.08 Å². The maximum atomic E-state index is 5.24. The van der Waals surface area contributed by atoms with Gasteiger partial charge in [0.2, 0.25) is 0 Å². The van der Waals surface area contributed by atoms with E-state index in [4.69, 9.17) is 6.58 Å². The Hall–Kier alpha value is 0.843. The normalized spacial score (nSPS) is 8.67. The zero-order valence-electron chi connectivity index (χ0n) is 8.19. The summed E-state index contributed by atoms with van der Waals surface area (Å²) in [7, 11) is 0. The first-order valence-corrected chi connectivity index (χ1v) is 11.7. The van der Waals surface area contributed by atoms with E-state index in [9.17, 15) is 0 Å². The van der Waals surface area contributed by atoms with Crippen LogP contribution >= 0.6 is 13.6 Å². The summed E-state index contributed by atoms with van der Waals surface area (Å²) in [4.78, 5) is 0. The fourth-order valence-electron chi connectivity index (χ4n) is 1.04. The molecule has 0 amide bonds. The van der Waals surface area contributed by atoms with Crippen LogP contribution in [0.3, 0.4) is 0 Å². The number of unbranched alkanes of at least 4 members (excludes halogenated alkanes) is 6. The van der Waals surface area contributed by atoms with Crippen molar-refractivity contribution >= 4 is 13.6 Å². The Balaban J connectivity index is 0. The molecule has 68 valence electrons. The van der Waals surface area contributed by atoms with E-state index in [1.807, 2.05) is 0 Å². The van der Waals surface area contributed by atoms with E-state index in [0.717, 1.165) is 6.42 Å². The predicted molar refractivity (Wildman–Crippen MR) is 55.8 cm³/mol. The molecule has 0 atom stereocenters. The van der Waals surface area contributed by atoms with E-state index in [1.54, 1.807) is 6.08 Å². The first kappa shape index (κ1) is 15.3. The summed E-state index contributed by atoms with van der Waals surface area (Å²) in [5.74, 6) is 0. The third kappa shape index (κ3) is 17.1. The van der Waals surface area contributed by atoms with Crippen LogP contribution in [0.1, 0.15) is 51.9 Å². The number of hydrogen-bond acceptors (Lipinski definition) is 0. The Bertz CT molecular complexity index is 74.2. The van der Waals surface area contributed by atoms with Crippen molar-refractivity contribution < 1.29 is 16.3 Å². The average Bonchev–Trinajstić information content (AvgIpc) is 2.15. The van der Waals surface area contributed by atoms with Crippen LogP contribution in [-0.4, -0.2) is 0 Å². The topological polar surface area (TPSA) is 0 Å². The van der Waals surface area contributed by atoms with Gasteiger partial charge in [-0.2, -0.15) is 0 Å². The maximum absolute atomic E-state index is 5.24. The van der Waals surface area contributed by atoms with Gasteiger partial charge in [-0.25, -0.2) is 0 Å². The van der Waals surface area contributed by atoms with Crippen molar-refractivity contribution in [1.82, 2.24) is 0 Å². The Morgan fingerprint density at radius 3 is 2.08 bits per heavy atom. The van der Waals surface area contributed by atoms with E-state index >= 15 is 0 Å². The van der Waals surface area contributed by atoms with Gasteiger partial charge in [0.05, 0.1) is 0 Å². The Morgan fingerprint density at radius 2 is 1.58 bits per heavy atom. The van der Waals surface area contributed by atoms with E-state index in [2.05, 4.69) is 20.5 Å². The van der Waals surface area contributed by atoms with Gasteiger partial charge in [0.25, 0.3) is 0 Å². The van der Waals surface area contributed by atoms with Gasteiger partial charge in [-0.05, 0) is 0 Å². The van der Waals surface area contributed by atoms with Gasteiger partial charge in [0, 0.05) is 0 Å². The predicted octanol–water partition coefficient (Wildman–Crippen LogP) is 4.57. The molecular weight excluding hydrogens is 265 g/mol. The van der Waals surface area contributed by atoms with E-state index in [0.29, 0.717) is 0 Å². The molecule has 0 aromatic rings. The van der Waals surface area contributed by atoms with Crippen molar-refractivity contribution in [2.24, 2.45) is 0 Å². The molecule has 0 unspecified atom stereocenters. The zero-order chi connectivity index (χ0) is 9.66. The number of halogens is 1. The monoisotopic (exact) mass is 282 g/mol. The number of hydrogen-bond donors (Lipinski definition) is 0. The molecule has 0 N–H and O–H groups in total. The van der Waals surface area contributed by atoms with Crippen molar-refractivity contribution in [3.8, 4) is 0 Å². The van der Waals surface area contributed by atoms with E-state index in [1.165, 1.54) is 54.9 Å². The number of rotatable bonds is 7. The second-order valence-electron chi connectivity index (χ2n) is 2.79. The first-order valence-electron chi connectivity index (χ1n) is 4.72. The second kappa shape index (κ2) is 17.8. The van der Waals surface area contributed by atoms with Crippen molar-refractivity contribution in [2.75, 3.05) is 0 Å². The summed E-state index contributed by atoms with van der Waals surface area (Å²) < 4.78 is 0. The van der Waals surface area contributed by atoms with E-state index < -0.39 is 0 Å². The van der Waals surface area contributed by atoms with Crippen molar-refractivity contribution in [3.63, 3.8) is 0 Å². The van der Waals surface area contributed by atoms with Crippen LogP contribution in [0.4, 0.5) is 0 Å². The Kier molecular flexibility index (Phi) is 22.7. The SMILES string of the molecule is [CH-]=CCCCCCCCC.[Zn+][Br]. The van der Waals surface area contributed by atoms with Crippen LogP contribution in [0.2, 0.25) is 0 Å². The molecule has 0 aliphatic heterocycles. The van der Waals surface area contributed by atoms with Gasteiger partial charge >= 0.3 is 30.0 Å². The fourth-order valence-corrected chi connectivity index (χ4v) is 1.04. The van der Waals surface area contributed by atoms with E-state index in [-0.39, 0.29) is 0 Å². The van der Waals surface area contributed by atoms with Crippen LogP contribution < -0.4 is 0 Å². The molecule has 0 nitrogen and oxygen atoms in total.